The average molecular weight is 340 g/mol. The van der Waals surface area contributed by atoms with Gasteiger partial charge in [-0.1, -0.05) is 12.1 Å². The van der Waals surface area contributed by atoms with Gasteiger partial charge in [-0.15, -0.1) is 0 Å². The van der Waals surface area contributed by atoms with E-state index in [-0.39, 0.29) is 17.8 Å². The molecule has 0 bridgehead atoms. The molecule has 1 fully saturated rings. The number of carbonyl (C=O) groups is 2. The molecule has 3 rings (SSSR count). The zero-order valence-electron chi connectivity index (χ0n) is 14.0. The number of amides is 1. The molecule has 1 aromatic carbocycles. The van der Waals surface area contributed by atoms with Crippen molar-refractivity contribution in [1.29, 1.82) is 0 Å². The Bertz CT molecular complexity index is 752. The minimum Gasteiger partial charge on any atom is -0.474 e. The Labute approximate surface area is 146 Å². The fraction of sp³-hybridized carbons (Fsp3) is 0.316. The molecular weight excluding hydrogens is 320 g/mol. The van der Waals surface area contributed by atoms with Gasteiger partial charge in [0.2, 0.25) is 5.88 Å². The Morgan fingerprint density at radius 3 is 2.64 bits per heavy atom. The number of hydrogen-bond acceptors (Lipinski definition) is 5. The van der Waals surface area contributed by atoms with E-state index in [4.69, 9.17) is 9.47 Å². The van der Waals surface area contributed by atoms with Crippen molar-refractivity contribution >= 4 is 17.4 Å². The van der Waals surface area contributed by atoms with E-state index in [1.807, 2.05) is 0 Å². The Morgan fingerprint density at radius 2 is 1.96 bits per heavy atom. The Balaban J connectivity index is 1.62. The maximum Gasteiger partial charge on any atom is 0.257 e. The van der Waals surface area contributed by atoms with Crippen molar-refractivity contribution in [2.24, 2.45) is 0 Å². The van der Waals surface area contributed by atoms with E-state index < -0.39 is 0 Å². The molecule has 0 radical (unpaired) electrons. The molecule has 6 heteroatoms. The van der Waals surface area contributed by atoms with Gasteiger partial charge in [-0.3, -0.25) is 9.59 Å². The Hall–Kier alpha value is -2.73. The molecule has 1 amide bonds. The van der Waals surface area contributed by atoms with Gasteiger partial charge in [-0.25, -0.2) is 4.98 Å². The third-order valence-electron chi connectivity index (χ3n) is 3.98. The van der Waals surface area contributed by atoms with Crippen LogP contribution in [0.3, 0.4) is 0 Å². The lowest BCUT2D eigenvalue weighted by Gasteiger charge is -2.22. The number of hydrogen-bond donors (Lipinski definition) is 1. The minimum absolute atomic E-state index is 0.0487. The number of nitrogens with zero attached hydrogens (tertiary/aromatic N) is 1. The van der Waals surface area contributed by atoms with Crippen molar-refractivity contribution in [3.63, 3.8) is 0 Å². The van der Waals surface area contributed by atoms with Crippen LogP contribution in [0.2, 0.25) is 0 Å². The minimum atomic E-state index is -0.286. The number of carbonyl (C=O) groups excluding carboxylic acids is 2. The standard InChI is InChI=1S/C19H20N2O4/c1-13(22)14-3-2-4-16(11-14)21-19(23)15-5-6-18(20-12-15)25-17-7-9-24-10-8-17/h2-6,11-12,17H,7-10H2,1H3,(H,21,23). The van der Waals surface area contributed by atoms with E-state index in [9.17, 15) is 9.59 Å². The van der Waals surface area contributed by atoms with Crippen molar-refractivity contribution in [3.05, 3.63) is 53.7 Å². The molecular formula is C19H20N2O4. The SMILES string of the molecule is CC(=O)c1cccc(NC(=O)c2ccc(OC3CCOCC3)nc2)c1. The molecule has 1 saturated heterocycles. The van der Waals surface area contributed by atoms with Crippen molar-refractivity contribution < 1.29 is 19.1 Å². The van der Waals surface area contributed by atoms with Crippen LogP contribution in [-0.2, 0) is 4.74 Å². The van der Waals surface area contributed by atoms with Crippen LogP contribution in [0, 0.1) is 0 Å². The lowest BCUT2D eigenvalue weighted by Crippen LogP contribution is -2.26. The van der Waals surface area contributed by atoms with Crippen LogP contribution in [0.25, 0.3) is 0 Å². The molecule has 0 saturated carbocycles. The molecule has 1 aliphatic rings. The molecule has 6 nitrogen and oxygen atoms in total. The normalized spacial score (nSPS) is 14.8. The smallest absolute Gasteiger partial charge is 0.257 e. The first kappa shape index (κ1) is 17.1. The van der Waals surface area contributed by atoms with Crippen LogP contribution in [0.15, 0.2) is 42.6 Å². The second-order valence-corrected chi connectivity index (χ2v) is 5.91. The number of aromatic nitrogens is 1. The van der Waals surface area contributed by atoms with Gasteiger partial charge in [0.1, 0.15) is 6.10 Å². The van der Waals surface area contributed by atoms with Crippen LogP contribution in [0.4, 0.5) is 5.69 Å². The Morgan fingerprint density at radius 1 is 1.16 bits per heavy atom. The predicted molar refractivity (Wildman–Crippen MR) is 93.1 cm³/mol. The highest BCUT2D eigenvalue weighted by Crippen LogP contribution is 2.17. The number of anilines is 1. The van der Waals surface area contributed by atoms with Gasteiger partial charge in [0.25, 0.3) is 5.91 Å². The molecule has 2 aromatic rings. The lowest BCUT2D eigenvalue weighted by molar-refractivity contribution is 0.0237. The Kier molecular flexibility index (Phi) is 5.40. The zero-order chi connectivity index (χ0) is 17.6. The highest BCUT2D eigenvalue weighted by molar-refractivity contribution is 6.05. The summed E-state index contributed by atoms with van der Waals surface area (Å²) >= 11 is 0. The van der Waals surface area contributed by atoms with E-state index in [1.165, 1.54) is 13.1 Å². The van der Waals surface area contributed by atoms with Crippen LogP contribution in [0.5, 0.6) is 5.88 Å². The van der Waals surface area contributed by atoms with E-state index >= 15 is 0 Å². The summed E-state index contributed by atoms with van der Waals surface area (Å²) in [5.41, 5.74) is 1.55. The molecule has 25 heavy (non-hydrogen) atoms. The molecule has 1 aromatic heterocycles. The van der Waals surface area contributed by atoms with Crippen molar-refractivity contribution in [1.82, 2.24) is 4.98 Å². The van der Waals surface area contributed by atoms with Gasteiger partial charge in [0.15, 0.2) is 5.78 Å². The van der Waals surface area contributed by atoms with E-state index in [0.29, 0.717) is 35.9 Å². The van der Waals surface area contributed by atoms with Crippen LogP contribution >= 0.6 is 0 Å². The maximum absolute atomic E-state index is 12.3. The summed E-state index contributed by atoms with van der Waals surface area (Å²) in [6, 6.07) is 10.2. The zero-order valence-corrected chi connectivity index (χ0v) is 14.0. The topological polar surface area (TPSA) is 77.5 Å². The number of Topliss-reactive ketones (excluding diaryl/α,β-unsaturated/α-hetero) is 1. The van der Waals surface area contributed by atoms with E-state index in [2.05, 4.69) is 10.3 Å². The first-order valence-corrected chi connectivity index (χ1v) is 8.24. The maximum atomic E-state index is 12.3. The second kappa shape index (κ2) is 7.90. The highest BCUT2D eigenvalue weighted by Gasteiger charge is 2.16. The van der Waals surface area contributed by atoms with Crippen LogP contribution < -0.4 is 10.1 Å². The van der Waals surface area contributed by atoms with Gasteiger partial charge in [-0.2, -0.15) is 0 Å². The molecule has 1 N–H and O–H groups in total. The fourth-order valence-corrected chi connectivity index (χ4v) is 2.57. The highest BCUT2D eigenvalue weighted by atomic mass is 16.5. The summed E-state index contributed by atoms with van der Waals surface area (Å²) in [7, 11) is 0. The number of nitrogens with one attached hydrogen (secondary N) is 1. The van der Waals surface area contributed by atoms with Gasteiger partial charge in [0.05, 0.1) is 18.8 Å². The van der Waals surface area contributed by atoms with Crippen molar-refractivity contribution in [2.75, 3.05) is 18.5 Å². The quantitative estimate of drug-likeness (QED) is 0.846. The third-order valence-corrected chi connectivity index (χ3v) is 3.98. The average Bonchev–Trinajstić information content (AvgIpc) is 2.63. The van der Waals surface area contributed by atoms with Crippen LogP contribution in [-0.4, -0.2) is 36.0 Å². The van der Waals surface area contributed by atoms with E-state index in [1.54, 1.807) is 36.4 Å². The van der Waals surface area contributed by atoms with Gasteiger partial charge < -0.3 is 14.8 Å². The molecule has 0 spiro atoms. The molecule has 130 valence electrons. The number of rotatable bonds is 5. The number of ether oxygens (including phenoxy) is 2. The monoisotopic (exact) mass is 340 g/mol. The van der Waals surface area contributed by atoms with Crippen LogP contribution in [0.1, 0.15) is 40.5 Å². The third kappa shape index (κ3) is 4.64. The second-order valence-electron chi connectivity index (χ2n) is 5.91. The predicted octanol–water partition coefficient (Wildman–Crippen LogP) is 3.09. The summed E-state index contributed by atoms with van der Waals surface area (Å²) in [5, 5.41) is 2.77. The number of ketones is 1. The number of pyridine rings is 1. The fourth-order valence-electron chi connectivity index (χ4n) is 2.57. The largest absolute Gasteiger partial charge is 0.474 e. The van der Waals surface area contributed by atoms with E-state index in [0.717, 1.165) is 12.8 Å². The van der Waals surface area contributed by atoms with Gasteiger partial charge in [-0.05, 0) is 25.1 Å². The van der Waals surface area contributed by atoms with Crippen molar-refractivity contribution in [2.45, 2.75) is 25.9 Å². The molecule has 0 aliphatic carbocycles. The van der Waals surface area contributed by atoms with Gasteiger partial charge in [0, 0.05) is 36.4 Å². The molecule has 0 unspecified atom stereocenters. The first-order chi connectivity index (χ1) is 12.1. The summed E-state index contributed by atoms with van der Waals surface area (Å²) in [6.45, 7) is 2.89. The molecule has 0 atom stereocenters. The lowest BCUT2D eigenvalue weighted by atomic mass is 10.1. The first-order valence-electron chi connectivity index (χ1n) is 8.24. The number of benzene rings is 1. The molecule has 1 aliphatic heterocycles. The summed E-state index contributed by atoms with van der Waals surface area (Å²) in [4.78, 5) is 27.9. The molecule has 2 heterocycles. The summed E-state index contributed by atoms with van der Waals surface area (Å²) in [5.74, 6) is 0.167. The summed E-state index contributed by atoms with van der Waals surface area (Å²) in [6.07, 6.45) is 3.28. The van der Waals surface area contributed by atoms with Gasteiger partial charge >= 0.3 is 0 Å². The van der Waals surface area contributed by atoms with Crippen molar-refractivity contribution in [3.8, 4) is 5.88 Å². The summed E-state index contributed by atoms with van der Waals surface area (Å²) < 4.78 is 11.1.